The lowest BCUT2D eigenvalue weighted by atomic mass is 10.00. The average Bonchev–Trinajstić information content (AvgIpc) is 2.51. The number of ketones is 1. The molecule has 2 aromatic rings. The lowest BCUT2D eigenvalue weighted by molar-refractivity contribution is 0.0979. The van der Waals surface area contributed by atoms with Crippen LogP contribution in [0.4, 0.5) is 5.69 Å². The zero-order valence-corrected chi connectivity index (χ0v) is 13.4. The van der Waals surface area contributed by atoms with Crippen molar-refractivity contribution in [2.24, 2.45) is 0 Å². The minimum absolute atomic E-state index is 0.225. The van der Waals surface area contributed by atoms with Gasteiger partial charge in [0.25, 0.3) is 0 Å². The number of nitrogens with zero attached hydrogens (tertiary/aromatic N) is 1. The number of methoxy groups -OCH3 is 1. The van der Waals surface area contributed by atoms with E-state index in [1.807, 2.05) is 36.4 Å². The minimum atomic E-state index is 0.225. The molecule has 1 aliphatic heterocycles. The number of ether oxygens (including phenoxy) is 1. The van der Waals surface area contributed by atoms with Crippen LogP contribution in [0.1, 0.15) is 22.3 Å². The Kier molecular flexibility index (Phi) is 3.97. The van der Waals surface area contributed by atoms with Gasteiger partial charge in [-0.1, -0.05) is 28.1 Å². The molecule has 0 saturated heterocycles. The Balaban J connectivity index is 1.95. The van der Waals surface area contributed by atoms with Crippen LogP contribution in [-0.2, 0) is 6.54 Å². The quantitative estimate of drug-likeness (QED) is 0.840. The Labute approximate surface area is 132 Å². The second-order valence-electron chi connectivity index (χ2n) is 5.07. The summed E-state index contributed by atoms with van der Waals surface area (Å²) in [4.78, 5) is 14.2. The van der Waals surface area contributed by atoms with Crippen molar-refractivity contribution in [3.63, 3.8) is 0 Å². The summed E-state index contributed by atoms with van der Waals surface area (Å²) in [5.74, 6) is 1.09. The molecule has 0 bridgehead atoms. The second kappa shape index (κ2) is 5.90. The molecule has 4 heteroatoms. The maximum atomic E-state index is 12.0. The number of carbonyl (C=O) groups excluding carboxylic acids is 1. The van der Waals surface area contributed by atoms with Gasteiger partial charge in [-0.05, 0) is 30.3 Å². The molecule has 0 radical (unpaired) electrons. The number of Topliss-reactive ketones (excluding diaryl/α,β-unsaturated/α-hetero) is 1. The fourth-order valence-corrected chi connectivity index (χ4v) is 3.13. The summed E-state index contributed by atoms with van der Waals surface area (Å²) < 4.78 is 6.46. The summed E-state index contributed by atoms with van der Waals surface area (Å²) in [7, 11) is 1.68. The van der Waals surface area contributed by atoms with Crippen LogP contribution in [-0.4, -0.2) is 19.4 Å². The summed E-state index contributed by atoms with van der Waals surface area (Å²) in [6, 6.07) is 13.8. The first-order valence-corrected chi connectivity index (χ1v) is 7.68. The molecule has 2 aromatic carbocycles. The standard InChI is InChI=1S/C17H16BrNO2/c1-21-17-7-6-13(18)10-12(17)11-19-9-8-16(20)14-4-2-3-5-15(14)19/h2-7,10H,8-9,11H2,1H3. The number of fused-ring (bicyclic) bond motifs is 1. The molecule has 0 aliphatic carbocycles. The molecule has 0 N–H and O–H groups in total. The lowest BCUT2D eigenvalue weighted by Crippen LogP contribution is -2.31. The molecule has 1 aliphatic rings. The van der Waals surface area contributed by atoms with Crippen molar-refractivity contribution in [2.75, 3.05) is 18.6 Å². The fraction of sp³-hybridized carbons (Fsp3) is 0.235. The maximum Gasteiger partial charge on any atom is 0.166 e. The first kappa shape index (κ1) is 14.1. The Morgan fingerprint density at radius 1 is 1.24 bits per heavy atom. The number of anilines is 1. The van der Waals surface area contributed by atoms with E-state index in [0.717, 1.165) is 40.1 Å². The highest BCUT2D eigenvalue weighted by molar-refractivity contribution is 9.10. The van der Waals surface area contributed by atoms with Crippen LogP contribution in [0, 0.1) is 0 Å². The van der Waals surface area contributed by atoms with Gasteiger partial charge in [0.1, 0.15) is 5.75 Å². The summed E-state index contributed by atoms with van der Waals surface area (Å²) in [5.41, 5.74) is 2.93. The first-order valence-electron chi connectivity index (χ1n) is 6.88. The van der Waals surface area contributed by atoms with Crippen molar-refractivity contribution in [1.29, 1.82) is 0 Å². The molecule has 0 spiro atoms. The Morgan fingerprint density at radius 2 is 2.05 bits per heavy atom. The molecule has 0 saturated carbocycles. The predicted molar refractivity (Wildman–Crippen MR) is 87.1 cm³/mol. The van der Waals surface area contributed by atoms with Crippen LogP contribution in [0.2, 0.25) is 0 Å². The Bertz CT molecular complexity index is 684. The molecule has 0 aromatic heterocycles. The van der Waals surface area contributed by atoms with Crippen molar-refractivity contribution < 1.29 is 9.53 Å². The third kappa shape index (κ3) is 2.81. The number of para-hydroxylation sites is 1. The smallest absolute Gasteiger partial charge is 0.166 e. The molecule has 0 atom stereocenters. The van der Waals surface area contributed by atoms with Crippen LogP contribution in [0.15, 0.2) is 46.9 Å². The molecule has 21 heavy (non-hydrogen) atoms. The highest BCUT2D eigenvalue weighted by Gasteiger charge is 2.23. The molecular formula is C17H16BrNO2. The normalized spacial score (nSPS) is 14.0. The second-order valence-corrected chi connectivity index (χ2v) is 5.98. The van der Waals surface area contributed by atoms with Gasteiger partial charge < -0.3 is 9.64 Å². The van der Waals surface area contributed by atoms with Crippen LogP contribution >= 0.6 is 15.9 Å². The van der Waals surface area contributed by atoms with Gasteiger partial charge in [-0.15, -0.1) is 0 Å². The van der Waals surface area contributed by atoms with Gasteiger partial charge in [-0.25, -0.2) is 0 Å². The summed E-state index contributed by atoms with van der Waals surface area (Å²) in [6.07, 6.45) is 0.563. The average molecular weight is 346 g/mol. The van der Waals surface area contributed by atoms with Crippen molar-refractivity contribution >= 4 is 27.4 Å². The van der Waals surface area contributed by atoms with Crippen molar-refractivity contribution in [3.8, 4) is 5.75 Å². The van der Waals surface area contributed by atoms with Crippen molar-refractivity contribution in [2.45, 2.75) is 13.0 Å². The van der Waals surface area contributed by atoms with Crippen molar-refractivity contribution in [3.05, 3.63) is 58.1 Å². The third-order valence-electron chi connectivity index (χ3n) is 3.76. The molecule has 3 rings (SSSR count). The molecule has 3 nitrogen and oxygen atoms in total. The van der Waals surface area contributed by atoms with Gasteiger partial charge in [0, 0.05) is 40.8 Å². The third-order valence-corrected chi connectivity index (χ3v) is 4.25. The molecule has 1 heterocycles. The van der Waals surface area contributed by atoms with Gasteiger partial charge in [-0.3, -0.25) is 4.79 Å². The predicted octanol–water partition coefficient (Wildman–Crippen LogP) is 4.05. The first-order chi connectivity index (χ1) is 10.2. The largest absolute Gasteiger partial charge is 0.496 e. The molecule has 0 unspecified atom stereocenters. The van der Waals surface area contributed by atoms with E-state index in [0.29, 0.717) is 6.42 Å². The number of halogens is 1. The van der Waals surface area contributed by atoms with Crippen LogP contribution < -0.4 is 9.64 Å². The zero-order valence-electron chi connectivity index (χ0n) is 11.8. The summed E-state index contributed by atoms with van der Waals surface area (Å²) in [5, 5.41) is 0. The van der Waals surface area contributed by atoms with Gasteiger partial charge in [0.2, 0.25) is 0 Å². The SMILES string of the molecule is COc1ccc(Br)cc1CN1CCC(=O)c2ccccc21. The van der Waals surface area contributed by atoms with E-state index in [2.05, 4.69) is 26.9 Å². The van der Waals surface area contributed by atoms with E-state index in [4.69, 9.17) is 4.74 Å². The van der Waals surface area contributed by atoms with E-state index in [1.165, 1.54) is 0 Å². The number of carbonyl (C=O) groups is 1. The van der Waals surface area contributed by atoms with Gasteiger partial charge in [-0.2, -0.15) is 0 Å². The Morgan fingerprint density at radius 3 is 2.86 bits per heavy atom. The fourth-order valence-electron chi connectivity index (χ4n) is 2.72. The number of hydrogen-bond acceptors (Lipinski definition) is 3. The van der Waals surface area contributed by atoms with E-state index >= 15 is 0 Å². The van der Waals surface area contributed by atoms with Crippen LogP contribution in [0.5, 0.6) is 5.75 Å². The Hall–Kier alpha value is -1.81. The number of rotatable bonds is 3. The van der Waals surface area contributed by atoms with Crippen LogP contribution in [0.3, 0.4) is 0 Å². The molecule has 108 valence electrons. The summed E-state index contributed by atoms with van der Waals surface area (Å²) >= 11 is 3.50. The van der Waals surface area contributed by atoms with E-state index in [9.17, 15) is 4.79 Å². The summed E-state index contributed by atoms with van der Waals surface area (Å²) in [6.45, 7) is 1.47. The van der Waals surface area contributed by atoms with Gasteiger partial charge in [0.15, 0.2) is 5.78 Å². The van der Waals surface area contributed by atoms with Crippen LogP contribution in [0.25, 0.3) is 0 Å². The van der Waals surface area contributed by atoms with Crippen molar-refractivity contribution in [1.82, 2.24) is 0 Å². The van der Waals surface area contributed by atoms with E-state index in [-0.39, 0.29) is 5.78 Å². The van der Waals surface area contributed by atoms with Gasteiger partial charge in [0.05, 0.1) is 7.11 Å². The topological polar surface area (TPSA) is 29.5 Å². The highest BCUT2D eigenvalue weighted by atomic mass is 79.9. The molecular weight excluding hydrogens is 330 g/mol. The maximum absolute atomic E-state index is 12.0. The highest BCUT2D eigenvalue weighted by Crippen LogP contribution is 2.31. The number of hydrogen-bond donors (Lipinski definition) is 0. The number of benzene rings is 2. The molecule has 0 fully saturated rings. The monoisotopic (exact) mass is 345 g/mol. The lowest BCUT2D eigenvalue weighted by Gasteiger charge is -2.31. The molecule has 0 amide bonds. The van der Waals surface area contributed by atoms with Gasteiger partial charge >= 0.3 is 0 Å². The zero-order chi connectivity index (χ0) is 14.8. The van der Waals surface area contributed by atoms with E-state index in [1.54, 1.807) is 7.11 Å². The minimum Gasteiger partial charge on any atom is -0.496 e. The van der Waals surface area contributed by atoms with E-state index < -0.39 is 0 Å².